The summed E-state index contributed by atoms with van der Waals surface area (Å²) < 4.78 is 6.27. The van der Waals surface area contributed by atoms with Crippen LogP contribution in [0.3, 0.4) is 0 Å². The van der Waals surface area contributed by atoms with Gasteiger partial charge in [0.25, 0.3) is 5.56 Å². The molecule has 0 radical (unpaired) electrons. The number of aliphatic hydroxyl groups excluding tert-OH is 2. The van der Waals surface area contributed by atoms with E-state index in [1.165, 1.54) is 0 Å². The van der Waals surface area contributed by atoms with Crippen molar-refractivity contribution in [3.05, 3.63) is 32.6 Å². The summed E-state index contributed by atoms with van der Waals surface area (Å²) >= 11 is 0. The molecule has 1 saturated heterocycles. The fraction of sp³-hybridized carbons (Fsp3) is 0.500. The van der Waals surface area contributed by atoms with E-state index in [9.17, 15) is 19.5 Å². The number of hydrogen-bond acceptors (Lipinski definition) is 6. The van der Waals surface area contributed by atoms with Gasteiger partial charge in [0.05, 0.1) is 18.3 Å². The van der Waals surface area contributed by atoms with Crippen LogP contribution in [0.4, 0.5) is 0 Å². The van der Waals surface area contributed by atoms with E-state index in [2.05, 4.69) is 0 Å². The first-order valence-electron chi connectivity index (χ1n) is 5.32. The first-order valence-corrected chi connectivity index (χ1v) is 5.32. The van der Waals surface area contributed by atoms with Crippen LogP contribution in [-0.2, 0) is 4.74 Å². The molecule has 18 heavy (non-hydrogen) atoms. The predicted molar refractivity (Wildman–Crippen MR) is 58.3 cm³/mol. The van der Waals surface area contributed by atoms with Crippen molar-refractivity contribution in [3.8, 4) is 0 Å². The van der Waals surface area contributed by atoms with Crippen LogP contribution in [-0.4, -0.2) is 44.9 Å². The molecule has 98 valence electrons. The predicted octanol–water partition coefficient (Wildman–Crippen LogP) is -2.01. The maximum atomic E-state index is 11.6. The summed E-state index contributed by atoms with van der Waals surface area (Å²) in [6, 6.07) is 0. The van der Waals surface area contributed by atoms with Crippen LogP contribution in [0.5, 0.6) is 0 Å². The van der Waals surface area contributed by atoms with Gasteiger partial charge in [-0.15, -0.1) is 0 Å². The molecule has 0 saturated carbocycles. The van der Waals surface area contributed by atoms with E-state index in [1.807, 2.05) is 4.98 Å². The van der Waals surface area contributed by atoms with Crippen molar-refractivity contribution in [2.75, 3.05) is 6.61 Å². The van der Waals surface area contributed by atoms with Crippen molar-refractivity contribution < 1.29 is 19.7 Å². The highest BCUT2D eigenvalue weighted by Crippen LogP contribution is 2.27. The van der Waals surface area contributed by atoms with Crippen LogP contribution in [0, 0.1) is 0 Å². The summed E-state index contributed by atoms with van der Waals surface area (Å²) in [6.07, 6.45) is -1.02. The third-order valence-electron chi connectivity index (χ3n) is 2.82. The van der Waals surface area contributed by atoms with Crippen LogP contribution in [0.25, 0.3) is 0 Å². The summed E-state index contributed by atoms with van der Waals surface area (Å²) in [5.74, 6) is 0. The molecule has 1 aromatic rings. The lowest BCUT2D eigenvalue weighted by molar-refractivity contribution is -0.0459. The molecule has 1 aromatic heterocycles. The Bertz CT molecular complexity index is 562. The summed E-state index contributed by atoms with van der Waals surface area (Å²) in [5, 5.41) is 18.5. The molecule has 0 aromatic carbocycles. The molecule has 3 atom stereocenters. The Morgan fingerprint density at radius 1 is 1.56 bits per heavy atom. The van der Waals surface area contributed by atoms with Gasteiger partial charge in [0, 0.05) is 12.6 Å². The minimum absolute atomic E-state index is 0.0927. The number of hydrogen-bond donors (Lipinski definition) is 3. The fourth-order valence-electron chi connectivity index (χ4n) is 1.85. The standard InChI is InChI=1S/C10H12N2O6/c13-3-5-2-12(10(17)11-9(5)16)8-1-6(15)7(4-14)18-8/h2-3,6-8,14-15H,1,4H2,(H,11,16,17)/t6-,7+,8+/m0/s1/i1+1,4+1,6+1,7+1,8+1,11+1,12+1. The summed E-state index contributed by atoms with van der Waals surface area (Å²) in [6.45, 7) is -0.379. The lowest BCUT2D eigenvalue weighted by Crippen LogP contribution is -2.34. The van der Waals surface area contributed by atoms with E-state index in [-0.39, 0.29) is 18.6 Å². The summed E-state index contributed by atoms with van der Waals surface area (Å²) in [4.78, 5) is 35.4. The number of aromatic amines is 1. The monoisotopic (exact) mass is 263 g/mol. The smallest absolute Gasteiger partial charge is 0.330 e. The van der Waals surface area contributed by atoms with E-state index in [1.54, 1.807) is 0 Å². The highest BCUT2D eigenvalue weighted by molar-refractivity contribution is 5.73. The van der Waals surface area contributed by atoms with E-state index in [0.717, 1.165) is 10.8 Å². The SMILES string of the molecule is O=Cc1c[15n]([13C@H]2[13CH2][13C@H](O)[13C@@H]([13CH2]O)O2)c(=O)[15nH]c1=O. The van der Waals surface area contributed by atoms with E-state index in [0.29, 0.717) is 6.29 Å². The molecule has 1 aliphatic heterocycles. The van der Waals surface area contributed by atoms with Crippen molar-refractivity contribution in [2.24, 2.45) is 0 Å². The molecule has 1 aliphatic rings. The van der Waals surface area contributed by atoms with Crippen molar-refractivity contribution in [1.82, 2.24) is 9.55 Å². The van der Waals surface area contributed by atoms with Gasteiger partial charge in [0.1, 0.15) is 12.3 Å². The Kier molecular flexibility index (Phi) is 3.41. The van der Waals surface area contributed by atoms with Crippen molar-refractivity contribution >= 4 is 6.29 Å². The number of nitrogens with one attached hydrogen (secondary N) is 1. The molecular formula is C10H12N2O6. The molecule has 2 rings (SSSR count). The number of nitrogens with zero attached hydrogens (tertiary/aromatic N) is 1. The second-order valence-electron chi connectivity index (χ2n) is 3.98. The van der Waals surface area contributed by atoms with Crippen LogP contribution in [0.2, 0.25) is 0 Å². The average Bonchev–Trinajstić information content (AvgIpc) is 2.70. The minimum Gasteiger partial charge on any atom is -0.394 e. The Morgan fingerprint density at radius 2 is 2.28 bits per heavy atom. The number of aldehydes is 1. The maximum Gasteiger partial charge on any atom is 0.330 e. The molecule has 8 nitrogen and oxygen atoms in total. The third-order valence-corrected chi connectivity index (χ3v) is 2.82. The van der Waals surface area contributed by atoms with Crippen LogP contribution >= 0.6 is 0 Å². The van der Waals surface area contributed by atoms with Crippen LogP contribution in [0.1, 0.15) is 23.0 Å². The second kappa shape index (κ2) is 4.84. The minimum atomic E-state index is -0.904. The number of aromatic nitrogens is 2. The van der Waals surface area contributed by atoms with Gasteiger partial charge in [-0.1, -0.05) is 0 Å². The molecule has 0 aliphatic carbocycles. The Morgan fingerprint density at radius 3 is 2.83 bits per heavy atom. The number of carbonyl (C=O) groups is 1. The zero-order valence-electron chi connectivity index (χ0n) is 9.28. The maximum absolute atomic E-state index is 11.6. The van der Waals surface area contributed by atoms with Crippen molar-refractivity contribution in [3.63, 3.8) is 0 Å². The quantitative estimate of drug-likeness (QED) is 0.428. The summed E-state index contributed by atoms with van der Waals surface area (Å²) in [7, 11) is 0. The van der Waals surface area contributed by atoms with Gasteiger partial charge in [-0.3, -0.25) is 19.1 Å². The lowest BCUT2D eigenvalue weighted by Gasteiger charge is -2.14. The molecule has 0 spiro atoms. The molecule has 0 unspecified atom stereocenters. The van der Waals surface area contributed by atoms with Crippen molar-refractivity contribution in [2.45, 2.75) is 24.9 Å². The lowest BCUT2D eigenvalue weighted by atomic mass is 10.4. The van der Waals surface area contributed by atoms with Gasteiger partial charge >= 0.3 is 5.69 Å². The Hall–Kier alpha value is -1.77. The normalized spacial score (nSPS) is 27.3. The molecular weight excluding hydrogens is 251 g/mol. The first-order chi connectivity index (χ1) is 8.56. The molecule has 3 N–H and O–H groups in total. The average molecular weight is 263 g/mol. The second-order valence-corrected chi connectivity index (χ2v) is 3.98. The first kappa shape index (κ1) is 12.7. The van der Waals surface area contributed by atoms with Gasteiger partial charge in [-0.05, 0) is 0 Å². The Labute approximate surface area is 100 Å². The highest BCUT2D eigenvalue weighted by Gasteiger charge is 2.35. The van der Waals surface area contributed by atoms with E-state index in [4.69, 9.17) is 9.84 Å². The number of aliphatic hydroxyl groups is 2. The zero-order valence-corrected chi connectivity index (χ0v) is 9.28. The molecule has 0 bridgehead atoms. The van der Waals surface area contributed by atoms with E-state index >= 15 is 0 Å². The third kappa shape index (κ3) is 2.13. The largest absolute Gasteiger partial charge is 0.394 e. The van der Waals surface area contributed by atoms with E-state index < -0.39 is 29.7 Å². The summed E-state index contributed by atoms with van der Waals surface area (Å²) in [5.41, 5.74) is -1.72. The number of carbonyl (C=O) groups excluding carboxylic acids is 1. The molecule has 0 amide bonds. The fourth-order valence-corrected chi connectivity index (χ4v) is 1.85. The van der Waals surface area contributed by atoms with Gasteiger partial charge in [-0.2, -0.15) is 0 Å². The number of ether oxygens (including phenoxy) is 1. The van der Waals surface area contributed by atoms with Crippen LogP contribution in [0.15, 0.2) is 15.8 Å². The highest BCUT2D eigenvalue weighted by atomic mass is 16.8. The molecule has 8 heteroatoms. The van der Waals surface area contributed by atoms with Crippen LogP contribution < -0.4 is 11.2 Å². The zero-order chi connectivity index (χ0) is 13.3. The number of rotatable bonds is 3. The van der Waals surface area contributed by atoms with Gasteiger partial charge < -0.3 is 14.9 Å². The van der Waals surface area contributed by atoms with Gasteiger partial charge in [0.2, 0.25) is 0 Å². The van der Waals surface area contributed by atoms with Gasteiger partial charge in [-0.25, -0.2) is 4.79 Å². The molecule has 1 fully saturated rings. The molecule has 2 heterocycles. The van der Waals surface area contributed by atoms with Gasteiger partial charge in [0.15, 0.2) is 6.29 Å². The Balaban J connectivity index is 2.38. The topological polar surface area (TPSA) is 122 Å². The van der Waals surface area contributed by atoms with Crippen molar-refractivity contribution in [1.29, 1.82) is 0 Å². The number of H-pyrrole nitrogens is 1.